The predicted octanol–water partition coefficient (Wildman–Crippen LogP) is 4.50. The maximum atomic E-state index is 13.3. The SMILES string of the molecule is O=C(Nc1ccc(C2(C(=O)NCC3CCCO3)CCCCC2)cc1)c1ccsc1. The minimum atomic E-state index is -0.479. The van der Waals surface area contributed by atoms with Gasteiger partial charge in [-0.05, 0) is 54.8 Å². The fraction of sp³-hybridized carbons (Fsp3) is 0.478. The molecule has 6 heteroatoms. The van der Waals surface area contributed by atoms with Gasteiger partial charge >= 0.3 is 0 Å². The molecule has 1 atom stereocenters. The van der Waals surface area contributed by atoms with Crippen molar-refractivity contribution in [1.29, 1.82) is 0 Å². The molecule has 2 aromatic rings. The highest BCUT2D eigenvalue weighted by Crippen LogP contribution is 2.40. The highest BCUT2D eigenvalue weighted by molar-refractivity contribution is 7.08. The van der Waals surface area contributed by atoms with Gasteiger partial charge in [-0.15, -0.1) is 0 Å². The van der Waals surface area contributed by atoms with E-state index in [2.05, 4.69) is 10.6 Å². The molecule has 5 nitrogen and oxygen atoms in total. The Morgan fingerprint density at radius 2 is 1.86 bits per heavy atom. The lowest BCUT2D eigenvalue weighted by Crippen LogP contribution is -2.47. The van der Waals surface area contributed by atoms with Gasteiger partial charge in [0, 0.05) is 24.2 Å². The third kappa shape index (κ3) is 4.54. The predicted molar refractivity (Wildman–Crippen MR) is 115 cm³/mol. The first-order valence-corrected chi connectivity index (χ1v) is 11.5. The molecule has 2 amide bonds. The molecule has 1 saturated heterocycles. The second-order valence-corrected chi connectivity index (χ2v) is 8.81. The summed E-state index contributed by atoms with van der Waals surface area (Å²) in [6.45, 7) is 1.39. The van der Waals surface area contributed by atoms with Crippen LogP contribution in [-0.4, -0.2) is 31.1 Å². The van der Waals surface area contributed by atoms with Crippen LogP contribution in [0.15, 0.2) is 41.1 Å². The monoisotopic (exact) mass is 412 g/mol. The van der Waals surface area contributed by atoms with Crippen molar-refractivity contribution in [2.75, 3.05) is 18.5 Å². The maximum Gasteiger partial charge on any atom is 0.256 e. The van der Waals surface area contributed by atoms with Gasteiger partial charge in [-0.25, -0.2) is 0 Å². The van der Waals surface area contributed by atoms with E-state index in [1.165, 1.54) is 17.8 Å². The van der Waals surface area contributed by atoms with E-state index in [-0.39, 0.29) is 17.9 Å². The topological polar surface area (TPSA) is 67.4 Å². The Bertz CT molecular complexity index is 820. The number of thiophene rings is 1. The van der Waals surface area contributed by atoms with E-state index >= 15 is 0 Å². The number of amides is 2. The smallest absolute Gasteiger partial charge is 0.256 e. The van der Waals surface area contributed by atoms with Crippen LogP contribution in [0.3, 0.4) is 0 Å². The molecule has 2 fully saturated rings. The van der Waals surface area contributed by atoms with Crippen LogP contribution in [0.1, 0.15) is 60.9 Å². The second kappa shape index (κ2) is 9.09. The van der Waals surface area contributed by atoms with Crippen LogP contribution in [-0.2, 0) is 14.9 Å². The number of anilines is 1. The molecular formula is C23H28N2O3S. The average molecular weight is 413 g/mol. The number of ether oxygens (including phenoxy) is 1. The molecule has 4 rings (SSSR count). The third-order valence-electron chi connectivity index (χ3n) is 6.13. The lowest BCUT2D eigenvalue weighted by Gasteiger charge is -2.36. The van der Waals surface area contributed by atoms with Crippen molar-refractivity contribution in [1.82, 2.24) is 5.32 Å². The maximum absolute atomic E-state index is 13.3. The number of carbonyl (C=O) groups excluding carboxylic acids is 2. The molecule has 1 unspecified atom stereocenters. The third-order valence-corrected chi connectivity index (χ3v) is 6.82. The summed E-state index contributed by atoms with van der Waals surface area (Å²) in [6.07, 6.45) is 7.27. The summed E-state index contributed by atoms with van der Waals surface area (Å²) in [5.41, 5.74) is 1.97. The molecular weight excluding hydrogens is 384 g/mol. The summed E-state index contributed by atoms with van der Waals surface area (Å²) in [5.74, 6) is 0.00319. The highest BCUT2D eigenvalue weighted by atomic mass is 32.1. The van der Waals surface area contributed by atoms with Crippen molar-refractivity contribution in [2.45, 2.75) is 56.5 Å². The summed E-state index contributed by atoms with van der Waals surface area (Å²) in [6, 6.07) is 9.62. The summed E-state index contributed by atoms with van der Waals surface area (Å²) in [5, 5.41) is 9.82. The minimum absolute atomic E-state index is 0.110. The fourth-order valence-electron chi connectivity index (χ4n) is 4.45. The van der Waals surface area contributed by atoms with E-state index in [0.717, 1.165) is 56.4 Å². The number of hydrogen-bond acceptors (Lipinski definition) is 4. The fourth-order valence-corrected chi connectivity index (χ4v) is 5.09. The van der Waals surface area contributed by atoms with Crippen molar-refractivity contribution in [2.24, 2.45) is 0 Å². The van der Waals surface area contributed by atoms with E-state index in [4.69, 9.17) is 4.74 Å². The molecule has 1 saturated carbocycles. The minimum Gasteiger partial charge on any atom is -0.376 e. The van der Waals surface area contributed by atoms with Gasteiger partial charge in [0.1, 0.15) is 0 Å². The van der Waals surface area contributed by atoms with Gasteiger partial charge in [-0.2, -0.15) is 11.3 Å². The van der Waals surface area contributed by atoms with E-state index in [1.807, 2.05) is 41.1 Å². The Kier molecular flexibility index (Phi) is 6.31. The summed E-state index contributed by atoms with van der Waals surface area (Å²) in [4.78, 5) is 25.5. The molecule has 0 spiro atoms. The van der Waals surface area contributed by atoms with Gasteiger partial charge in [-0.3, -0.25) is 9.59 Å². The van der Waals surface area contributed by atoms with E-state index in [1.54, 1.807) is 0 Å². The van der Waals surface area contributed by atoms with Gasteiger partial charge < -0.3 is 15.4 Å². The lowest BCUT2D eigenvalue weighted by atomic mass is 9.68. The van der Waals surface area contributed by atoms with Crippen molar-refractivity contribution >= 4 is 28.8 Å². The summed E-state index contributed by atoms with van der Waals surface area (Å²) >= 11 is 1.50. The number of rotatable bonds is 6. The molecule has 29 heavy (non-hydrogen) atoms. The molecule has 1 aliphatic carbocycles. The molecule has 1 aromatic carbocycles. The van der Waals surface area contributed by atoms with Crippen LogP contribution in [0.4, 0.5) is 5.69 Å². The number of carbonyl (C=O) groups is 2. The Balaban J connectivity index is 1.47. The number of benzene rings is 1. The van der Waals surface area contributed by atoms with Crippen LogP contribution in [0.25, 0.3) is 0 Å². The molecule has 0 radical (unpaired) electrons. The molecule has 2 N–H and O–H groups in total. The van der Waals surface area contributed by atoms with Crippen LogP contribution in [0.5, 0.6) is 0 Å². The second-order valence-electron chi connectivity index (χ2n) is 8.03. The normalized spacial score (nSPS) is 20.9. The Labute approximate surface area is 175 Å². The van der Waals surface area contributed by atoms with Crippen molar-refractivity contribution in [3.8, 4) is 0 Å². The van der Waals surface area contributed by atoms with Crippen molar-refractivity contribution < 1.29 is 14.3 Å². The zero-order chi connectivity index (χ0) is 20.1. The van der Waals surface area contributed by atoms with Gasteiger partial charge in [0.15, 0.2) is 0 Å². The zero-order valence-electron chi connectivity index (χ0n) is 16.6. The standard InChI is InChI=1S/C23H28N2O3S/c26-21(17-10-14-29-16-17)25-19-8-6-18(7-9-19)23(11-2-1-3-12-23)22(27)24-15-20-5-4-13-28-20/h6-10,14,16,20H,1-5,11-13,15H2,(H,24,27)(H,25,26). The molecule has 2 aliphatic rings. The molecule has 1 aliphatic heterocycles. The van der Waals surface area contributed by atoms with E-state index < -0.39 is 5.41 Å². The van der Waals surface area contributed by atoms with E-state index in [0.29, 0.717) is 12.1 Å². The largest absolute Gasteiger partial charge is 0.376 e. The quantitative estimate of drug-likeness (QED) is 0.734. The molecule has 1 aromatic heterocycles. The molecule has 0 bridgehead atoms. The Morgan fingerprint density at radius 1 is 1.07 bits per heavy atom. The Hall–Kier alpha value is -2.18. The number of nitrogens with one attached hydrogen (secondary N) is 2. The first-order chi connectivity index (χ1) is 14.2. The van der Waals surface area contributed by atoms with Crippen LogP contribution in [0, 0.1) is 0 Å². The van der Waals surface area contributed by atoms with Crippen molar-refractivity contribution in [3.05, 3.63) is 52.2 Å². The van der Waals surface area contributed by atoms with Crippen molar-refractivity contribution in [3.63, 3.8) is 0 Å². The molecule has 154 valence electrons. The summed E-state index contributed by atoms with van der Waals surface area (Å²) in [7, 11) is 0. The van der Waals surface area contributed by atoms with Gasteiger partial charge in [0.25, 0.3) is 5.91 Å². The molecule has 2 heterocycles. The van der Waals surface area contributed by atoms with Gasteiger partial charge in [0.2, 0.25) is 5.91 Å². The first kappa shape index (κ1) is 20.1. The Morgan fingerprint density at radius 3 is 2.52 bits per heavy atom. The summed E-state index contributed by atoms with van der Waals surface area (Å²) < 4.78 is 5.66. The lowest BCUT2D eigenvalue weighted by molar-refractivity contribution is -0.128. The van der Waals surface area contributed by atoms with Crippen LogP contribution < -0.4 is 10.6 Å². The van der Waals surface area contributed by atoms with Crippen LogP contribution >= 0.6 is 11.3 Å². The van der Waals surface area contributed by atoms with Crippen LogP contribution in [0.2, 0.25) is 0 Å². The zero-order valence-corrected chi connectivity index (χ0v) is 17.4. The highest BCUT2D eigenvalue weighted by Gasteiger charge is 2.41. The van der Waals surface area contributed by atoms with E-state index in [9.17, 15) is 9.59 Å². The average Bonchev–Trinajstić information content (AvgIpc) is 3.47. The van der Waals surface area contributed by atoms with Gasteiger partial charge in [-0.1, -0.05) is 31.4 Å². The van der Waals surface area contributed by atoms with Gasteiger partial charge in [0.05, 0.1) is 17.1 Å². The number of hydrogen-bond donors (Lipinski definition) is 2. The first-order valence-electron chi connectivity index (χ1n) is 10.5.